The molecule has 2 aromatic rings. The summed E-state index contributed by atoms with van der Waals surface area (Å²) in [4.78, 5) is 18.5. The highest BCUT2D eigenvalue weighted by Crippen LogP contribution is 2.20. The predicted octanol–water partition coefficient (Wildman–Crippen LogP) is 3.03. The SMILES string of the molecule is CCOC(=O)c1ccoc1CN(Cc1cccnc1)C[C@@H]1CCCO1. The van der Waals surface area contributed by atoms with E-state index in [1.807, 2.05) is 18.3 Å². The second kappa shape index (κ2) is 8.78. The summed E-state index contributed by atoms with van der Waals surface area (Å²) in [5, 5.41) is 0. The molecule has 6 heteroatoms. The van der Waals surface area contributed by atoms with Crippen molar-refractivity contribution in [3.63, 3.8) is 0 Å². The maximum atomic E-state index is 12.1. The van der Waals surface area contributed by atoms with Crippen LogP contribution in [0.2, 0.25) is 0 Å². The van der Waals surface area contributed by atoms with Gasteiger partial charge in [-0.25, -0.2) is 4.79 Å². The number of carbonyl (C=O) groups excluding carboxylic acids is 1. The molecule has 1 atom stereocenters. The standard InChI is InChI=1S/C19H24N2O4/c1-2-23-19(22)17-7-10-25-18(17)14-21(13-16-6-4-9-24-16)12-15-5-3-8-20-11-15/h3,5,7-8,10-11,16H,2,4,6,9,12-14H2,1H3/t16-/m0/s1. The quantitative estimate of drug-likeness (QED) is 0.686. The van der Waals surface area contributed by atoms with Crippen LogP contribution in [0, 0.1) is 0 Å². The lowest BCUT2D eigenvalue weighted by molar-refractivity contribution is 0.0515. The van der Waals surface area contributed by atoms with Crippen molar-refractivity contribution in [2.75, 3.05) is 19.8 Å². The molecule has 0 unspecified atom stereocenters. The molecule has 25 heavy (non-hydrogen) atoms. The van der Waals surface area contributed by atoms with Crippen molar-refractivity contribution >= 4 is 5.97 Å². The Morgan fingerprint density at radius 2 is 2.32 bits per heavy atom. The summed E-state index contributed by atoms with van der Waals surface area (Å²) in [7, 11) is 0. The fourth-order valence-electron chi connectivity index (χ4n) is 3.07. The first-order chi connectivity index (χ1) is 12.3. The monoisotopic (exact) mass is 344 g/mol. The van der Waals surface area contributed by atoms with E-state index in [1.165, 1.54) is 6.26 Å². The van der Waals surface area contributed by atoms with Gasteiger partial charge in [0.2, 0.25) is 0 Å². The fraction of sp³-hybridized carbons (Fsp3) is 0.474. The van der Waals surface area contributed by atoms with E-state index in [0.29, 0.717) is 24.5 Å². The summed E-state index contributed by atoms with van der Waals surface area (Å²) >= 11 is 0. The van der Waals surface area contributed by atoms with Gasteiger partial charge in [-0.05, 0) is 37.5 Å². The van der Waals surface area contributed by atoms with Gasteiger partial charge in [0, 0.05) is 32.1 Å². The van der Waals surface area contributed by atoms with Gasteiger partial charge >= 0.3 is 5.97 Å². The number of nitrogens with zero attached hydrogens (tertiary/aromatic N) is 2. The number of aromatic nitrogens is 1. The lowest BCUT2D eigenvalue weighted by Crippen LogP contribution is -2.32. The summed E-state index contributed by atoms with van der Waals surface area (Å²) in [6.07, 6.45) is 7.54. The van der Waals surface area contributed by atoms with Gasteiger partial charge in [0.05, 0.1) is 25.5 Å². The molecule has 0 saturated carbocycles. The first-order valence-corrected chi connectivity index (χ1v) is 8.72. The molecule has 0 radical (unpaired) electrons. The van der Waals surface area contributed by atoms with Crippen LogP contribution < -0.4 is 0 Å². The number of carbonyl (C=O) groups is 1. The molecule has 1 fully saturated rings. The van der Waals surface area contributed by atoms with Crippen molar-refractivity contribution in [1.82, 2.24) is 9.88 Å². The normalized spacial score (nSPS) is 17.1. The van der Waals surface area contributed by atoms with E-state index in [0.717, 1.165) is 38.1 Å². The highest BCUT2D eigenvalue weighted by Gasteiger charge is 2.23. The van der Waals surface area contributed by atoms with Crippen LogP contribution in [0.4, 0.5) is 0 Å². The first kappa shape index (κ1) is 17.6. The number of esters is 1. The Morgan fingerprint density at radius 1 is 1.40 bits per heavy atom. The number of pyridine rings is 1. The summed E-state index contributed by atoms with van der Waals surface area (Å²) in [6.45, 7) is 4.99. The van der Waals surface area contributed by atoms with E-state index in [1.54, 1.807) is 19.2 Å². The van der Waals surface area contributed by atoms with Crippen LogP contribution in [0.5, 0.6) is 0 Å². The average molecular weight is 344 g/mol. The average Bonchev–Trinajstić information content (AvgIpc) is 3.28. The molecule has 1 saturated heterocycles. The van der Waals surface area contributed by atoms with Crippen molar-refractivity contribution in [1.29, 1.82) is 0 Å². The minimum atomic E-state index is -0.343. The molecule has 1 aliphatic heterocycles. The summed E-state index contributed by atoms with van der Waals surface area (Å²) in [5.74, 6) is 0.282. The van der Waals surface area contributed by atoms with Gasteiger partial charge in [0.15, 0.2) is 0 Å². The van der Waals surface area contributed by atoms with E-state index in [2.05, 4.69) is 9.88 Å². The van der Waals surface area contributed by atoms with E-state index >= 15 is 0 Å². The number of hydrogen-bond acceptors (Lipinski definition) is 6. The molecule has 1 aliphatic rings. The molecular weight excluding hydrogens is 320 g/mol. The Morgan fingerprint density at radius 3 is 3.04 bits per heavy atom. The Bertz CT molecular complexity index is 665. The largest absolute Gasteiger partial charge is 0.467 e. The van der Waals surface area contributed by atoms with Gasteiger partial charge in [-0.1, -0.05) is 6.07 Å². The molecule has 0 bridgehead atoms. The zero-order chi connectivity index (χ0) is 17.5. The Balaban J connectivity index is 1.72. The maximum absolute atomic E-state index is 12.1. The molecule has 0 N–H and O–H groups in total. The summed E-state index contributed by atoms with van der Waals surface area (Å²) < 4.78 is 16.5. The van der Waals surface area contributed by atoms with Gasteiger partial charge in [0.25, 0.3) is 0 Å². The van der Waals surface area contributed by atoms with E-state index in [9.17, 15) is 4.79 Å². The fourth-order valence-corrected chi connectivity index (χ4v) is 3.07. The smallest absolute Gasteiger partial charge is 0.341 e. The van der Waals surface area contributed by atoms with Crippen LogP contribution in [0.25, 0.3) is 0 Å². The molecule has 2 aromatic heterocycles. The second-order valence-corrected chi connectivity index (χ2v) is 6.14. The van der Waals surface area contributed by atoms with Crippen LogP contribution in [0.3, 0.4) is 0 Å². The van der Waals surface area contributed by atoms with Gasteiger partial charge in [-0.15, -0.1) is 0 Å². The third-order valence-corrected chi connectivity index (χ3v) is 4.22. The zero-order valence-electron chi connectivity index (χ0n) is 14.5. The highest BCUT2D eigenvalue weighted by molar-refractivity contribution is 5.90. The van der Waals surface area contributed by atoms with Gasteiger partial charge in [0.1, 0.15) is 11.3 Å². The lowest BCUT2D eigenvalue weighted by atomic mass is 10.2. The van der Waals surface area contributed by atoms with Crippen molar-refractivity contribution < 1.29 is 18.7 Å². The van der Waals surface area contributed by atoms with Crippen LogP contribution in [-0.2, 0) is 22.6 Å². The molecule has 6 nitrogen and oxygen atoms in total. The van der Waals surface area contributed by atoms with Crippen LogP contribution in [0.1, 0.15) is 41.4 Å². The van der Waals surface area contributed by atoms with Crippen molar-refractivity contribution in [2.45, 2.75) is 39.0 Å². The number of ether oxygens (including phenoxy) is 2. The van der Waals surface area contributed by atoms with E-state index < -0.39 is 0 Å². The van der Waals surface area contributed by atoms with E-state index in [-0.39, 0.29) is 12.1 Å². The number of furan rings is 1. The molecule has 0 aliphatic carbocycles. The summed E-state index contributed by atoms with van der Waals surface area (Å²) in [5.41, 5.74) is 1.61. The van der Waals surface area contributed by atoms with Crippen LogP contribution in [-0.4, -0.2) is 41.7 Å². The molecule has 3 rings (SSSR count). The molecule has 0 aromatic carbocycles. The highest BCUT2D eigenvalue weighted by atomic mass is 16.5. The minimum Gasteiger partial charge on any atom is -0.467 e. The van der Waals surface area contributed by atoms with Crippen molar-refractivity contribution in [3.05, 3.63) is 53.7 Å². The lowest BCUT2D eigenvalue weighted by Gasteiger charge is -2.24. The first-order valence-electron chi connectivity index (χ1n) is 8.72. The molecular formula is C19H24N2O4. The van der Waals surface area contributed by atoms with Gasteiger partial charge in [-0.2, -0.15) is 0 Å². The minimum absolute atomic E-state index is 0.220. The topological polar surface area (TPSA) is 64.8 Å². The van der Waals surface area contributed by atoms with Crippen molar-refractivity contribution in [3.8, 4) is 0 Å². The maximum Gasteiger partial charge on any atom is 0.341 e. The Labute approximate surface area is 147 Å². The van der Waals surface area contributed by atoms with Gasteiger partial charge < -0.3 is 13.9 Å². The molecule has 0 amide bonds. The molecule has 0 spiro atoms. The third-order valence-electron chi connectivity index (χ3n) is 4.22. The predicted molar refractivity (Wildman–Crippen MR) is 92.0 cm³/mol. The third kappa shape index (κ3) is 4.90. The zero-order valence-corrected chi connectivity index (χ0v) is 14.5. The van der Waals surface area contributed by atoms with Gasteiger partial charge in [-0.3, -0.25) is 9.88 Å². The second-order valence-electron chi connectivity index (χ2n) is 6.14. The van der Waals surface area contributed by atoms with E-state index in [4.69, 9.17) is 13.9 Å². The van der Waals surface area contributed by atoms with Crippen molar-refractivity contribution in [2.24, 2.45) is 0 Å². The van der Waals surface area contributed by atoms with Crippen LogP contribution >= 0.6 is 0 Å². The Kier molecular flexibility index (Phi) is 6.19. The molecule has 134 valence electrons. The number of rotatable bonds is 8. The summed E-state index contributed by atoms with van der Waals surface area (Å²) in [6, 6.07) is 5.64. The molecule has 3 heterocycles. The number of hydrogen-bond donors (Lipinski definition) is 0. The Hall–Kier alpha value is -2.18. The van der Waals surface area contributed by atoms with Crippen LogP contribution in [0.15, 0.2) is 41.3 Å².